The summed E-state index contributed by atoms with van der Waals surface area (Å²) < 4.78 is 12.2. The first-order valence-corrected chi connectivity index (χ1v) is 11.4. The van der Waals surface area contributed by atoms with Crippen LogP contribution in [0.15, 0.2) is 24.4 Å². The molecule has 0 saturated heterocycles. The standard InChI is InChI=1S/C17H24ClN3O3S/c1-5-23-17(22)13-7-8-14(19-16(13)18)21-10-9-15(20-21)24-11-6-12-25(2,3)4/h7-10H,5-6,11-12H2,1-4H3. The van der Waals surface area contributed by atoms with Crippen molar-refractivity contribution in [2.45, 2.75) is 13.3 Å². The lowest BCUT2D eigenvalue weighted by molar-refractivity contribution is 0.0526. The molecule has 0 saturated carbocycles. The molecule has 0 fully saturated rings. The second-order valence-corrected chi connectivity index (χ2v) is 11.3. The highest BCUT2D eigenvalue weighted by Crippen LogP contribution is 2.34. The lowest BCUT2D eigenvalue weighted by Gasteiger charge is -2.24. The van der Waals surface area contributed by atoms with Crippen LogP contribution in [0.4, 0.5) is 0 Å². The number of nitrogens with zero attached hydrogens (tertiary/aromatic N) is 3. The minimum atomic E-state index is -0.505. The Hall–Kier alpha value is -1.73. The first-order chi connectivity index (χ1) is 11.8. The molecule has 0 N–H and O–H groups in total. The summed E-state index contributed by atoms with van der Waals surface area (Å²) in [5.74, 6) is 1.72. The second kappa shape index (κ2) is 8.58. The maximum Gasteiger partial charge on any atom is 0.341 e. The normalized spacial score (nSPS) is 12.0. The Balaban J connectivity index is 1.99. The zero-order valence-corrected chi connectivity index (χ0v) is 16.6. The zero-order valence-electron chi connectivity index (χ0n) is 15.0. The minimum Gasteiger partial charge on any atom is -0.477 e. The predicted molar refractivity (Wildman–Crippen MR) is 103 cm³/mol. The lowest BCUT2D eigenvalue weighted by atomic mass is 10.3. The smallest absolute Gasteiger partial charge is 0.341 e. The van der Waals surface area contributed by atoms with Gasteiger partial charge in [-0.1, -0.05) is 11.6 Å². The molecule has 138 valence electrons. The Labute approximate surface area is 154 Å². The van der Waals surface area contributed by atoms with Crippen molar-refractivity contribution in [2.24, 2.45) is 0 Å². The molecular formula is C17H24ClN3O3S. The van der Waals surface area contributed by atoms with Crippen molar-refractivity contribution in [1.29, 1.82) is 0 Å². The fourth-order valence-corrected chi connectivity index (χ4v) is 3.30. The van der Waals surface area contributed by atoms with Crippen LogP contribution in [-0.2, 0) is 4.74 Å². The van der Waals surface area contributed by atoms with Crippen molar-refractivity contribution >= 4 is 27.6 Å². The Bertz CT molecular complexity index is 728. The van der Waals surface area contributed by atoms with E-state index in [4.69, 9.17) is 21.1 Å². The van der Waals surface area contributed by atoms with E-state index in [0.717, 1.165) is 6.42 Å². The van der Waals surface area contributed by atoms with E-state index < -0.39 is 16.0 Å². The maximum atomic E-state index is 11.7. The average Bonchev–Trinajstić information content (AvgIpc) is 2.99. The third-order valence-corrected chi connectivity index (χ3v) is 5.08. The van der Waals surface area contributed by atoms with Gasteiger partial charge < -0.3 is 9.47 Å². The number of esters is 1. The molecule has 0 bridgehead atoms. The molecule has 0 unspecified atom stereocenters. The number of hydrogen-bond donors (Lipinski definition) is 0. The Morgan fingerprint density at radius 3 is 2.68 bits per heavy atom. The van der Waals surface area contributed by atoms with Gasteiger partial charge >= 0.3 is 5.97 Å². The summed E-state index contributed by atoms with van der Waals surface area (Å²) in [7, 11) is -0.505. The topological polar surface area (TPSA) is 66.2 Å². The fourth-order valence-electron chi connectivity index (χ4n) is 2.09. The van der Waals surface area contributed by atoms with E-state index in [-0.39, 0.29) is 17.3 Å². The molecule has 8 heteroatoms. The summed E-state index contributed by atoms with van der Waals surface area (Å²) in [4.78, 5) is 15.9. The van der Waals surface area contributed by atoms with Crippen LogP contribution in [0.5, 0.6) is 5.88 Å². The van der Waals surface area contributed by atoms with E-state index in [1.807, 2.05) is 0 Å². The highest BCUT2D eigenvalue weighted by molar-refractivity contribution is 8.32. The number of halogens is 1. The molecule has 0 aliphatic rings. The van der Waals surface area contributed by atoms with Crippen molar-refractivity contribution in [3.8, 4) is 11.7 Å². The highest BCUT2D eigenvalue weighted by Gasteiger charge is 2.14. The summed E-state index contributed by atoms with van der Waals surface area (Å²) in [5, 5.41) is 4.42. The molecule has 2 aromatic rings. The second-order valence-electron chi connectivity index (χ2n) is 6.32. The Morgan fingerprint density at radius 1 is 1.28 bits per heavy atom. The third-order valence-electron chi connectivity index (χ3n) is 3.28. The first-order valence-electron chi connectivity index (χ1n) is 7.98. The SMILES string of the molecule is CCOC(=O)c1ccc(-n2ccc(OCCCS(C)(C)C)n2)nc1Cl. The number of hydrogen-bond acceptors (Lipinski definition) is 5. The van der Waals surface area contributed by atoms with Gasteiger partial charge in [0.15, 0.2) is 5.82 Å². The van der Waals surface area contributed by atoms with E-state index in [1.54, 1.807) is 36.0 Å². The number of rotatable bonds is 8. The molecule has 0 radical (unpaired) electrons. The summed E-state index contributed by atoms with van der Waals surface area (Å²) >= 11 is 6.08. The van der Waals surface area contributed by atoms with Gasteiger partial charge in [-0.2, -0.15) is 0 Å². The monoisotopic (exact) mass is 385 g/mol. The van der Waals surface area contributed by atoms with E-state index >= 15 is 0 Å². The first kappa shape index (κ1) is 19.6. The van der Waals surface area contributed by atoms with Gasteiger partial charge in [0.1, 0.15) is 5.15 Å². The molecule has 25 heavy (non-hydrogen) atoms. The zero-order chi connectivity index (χ0) is 18.4. The maximum absolute atomic E-state index is 11.7. The predicted octanol–water partition coefficient (Wildman–Crippen LogP) is 3.56. The van der Waals surface area contributed by atoms with Crippen LogP contribution in [0.2, 0.25) is 5.15 Å². The van der Waals surface area contributed by atoms with Crippen molar-refractivity contribution in [1.82, 2.24) is 14.8 Å². The van der Waals surface area contributed by atoms with Gasteiger partial charge in [0.25, 0.3) is 0 Å². The van der Waals surface area contributed by atoms with Gasteiger partial charge in [-0.3, -0.25) is 0 Å². The number of pyridine rings is 1. The van der Waals surface area contributed by atoms with Gasteiger partial charge in [-0.15, -0.1) is 5.10 Å². The van der Waals surface area contributed by atoms with Gasteiger partial charge in [-0.05, 0) is 50.0 Å². The summed E-state index contributed by atoms with van der Waals surface area (Å²) in [6.45, 7) is 2.66. The molecule has 6 nitrogen and oxygen atoms in total. The molecule has 0 aromatic carbocycles. The van der Waals surface area contributed by atoms with Gasteiger partial charge in [-0.25, -0.2) is 24.5 Å². The van der Waals surface area contributed by atoms with Crippen molar-refractivity contribution in [3.05, 3.63) is 35.1 Å². The van der Waals surface area contributed by atoms with Crippen molar-refractivity contribution in [2.75, 3.05) is 37.7 Å². The van der Waals surface area contributed by atoms with E-state index in [2.05, 4.69) is 28.8 Å². The third kappa shape index (κ3) is 5.93. The molecule has 2 rings (SSSR count). The molecule has 0 amide bonds. The fraction of sp³-hybridized carbons (Fsp3) is 0.471. The molecule has 2 heterocycles. The molecule has 0 spiro atoms. The summed E-state index contributed by atoms with van der Waals surface area (Å²) in [6, 6.07) is 5.02. The Morgan fingerprint density at radius 2 is 2.04 bits per heavy atom. The van der Waals surface area contributed by atoms with Gasteiger partial charge in [0, 0.05) is 12.3 Å². The van der Waals surface area contributed by atoms with E-state index in [0.29, 0.717) is 18.3 Å². The molecular weight excluding hydrogens is 362 g/mol. The number of ether oxygens (including phenoxy) is 2. The summed E-state index contributed by atoms with van der Waals surface area (Å²) in [6.07, 6.45) is 9.61. The number of carbonyl (C=O) groups is 1. The Kier molecular flexibility index (Phi) is 6.72. The van der Waals surface area contributed by atoms with Crippen LogP contribution in [0, 0.1) is 0 Å². The van der Waals surface area contributed by atoms with Crippen LogP contribution in [0.3, 0.4) is 0 Å². The number of carbonyl (C=O) groups excluding carboxylic acids is 1. The van der Waals surface area contributed by atoms with Crippen LogP contribution < -0.4 is 4.74 Å². The summed E-state index contributed by atoms with van der Waals surface area (Å²) in [5.41, 5.74) is 0.237. The minimum absolute atomic E-state index is 0.0853. The van der Waals surface area contributed by atoms with E-state index in [9.17, 15) is 4.79 Å². The van der Waals surface area contributed by atoms with Crippen LogP contribution in [0.1, 0.15) is 23.7 Å². The quantitative estimate of drug-likeness (QED) is 0.395. The largest absolute Gasteiger partial charge is 0.477 e. The van der Waals surface area contributed by atoms with Crippen LogP contribution in [-0.4, -0.2) is 58.5 Å². The highest BCUT2D eigenvalue weighted by atomic mass is 35.5. The van der Waals surface area contributed by atoms with Crippen molar-refractivity contribution < 1.29 is 14.3 Å². The van der Waals surface area contributed by atoms with E-state index in [1.165, 1.54) is 5.75 Å². The molecule has 0 atom stereocenters. The van der Waals surface area contributed by atoms with Gasteiger partial charge in [0.05, 0.1) is 18.8 Å². The number of aromatic nitrogens is 3. The molecule has 2 aromatic heterocycles. The van der Waals surface area contributed by atoms with Crippen LogP contribution in [0.25, 0.3) is 5.82 Å². The molecule has 0 aliphatic heterocycles. The van der Waals surface area contributed by atoms with Crippen molar-refractivity contribution in [3.63, 3.8) is 0 Å². The lowest BCUT2D eigenvalue weighted by Crippen LogP contribution is -2.08. The van der Waals surface area contributed by atoms with Crippen LogP contribution >= 0.6 is 21.6 Å². The average molecular weight is 386 g/mol. The van der Waals surface area contributed by atoms with Gasteiger partial charge in [0.2, 0.25) is 5.88 Å². The molecule has 0 aliphatic carbocycles.